The minimum atomic E-state index is -0.738. The van der Waals surface area contributed by atoms with Crippen molar-refractivity contribution in [3.8, 4) is 11.5 Å². The Morgan fingerprint density at radius 2 is 1.76 bits per heavy atom. The topological polar surface area (TPSA) is 85.3 Å². The summed E-state index contributed by atoms with van der Waals surface area (Å²) in [7, 11) is 2.99. The van der Waals surface area contributed by atoms with Gasteiger partial charge in [0.25, 0.3) is 11.7 Å². The maximum absolute atomic E-state index is 13.1. The van der Waals surface area contributed by atoms with Gasteiger partial charge < -0.3 is 24.2 Å². The van der Waals surface area contributed by atoms with E-state index >= 15 is 0 Å². The maximum atomic E-state index is 13.1. The van der Waals surface area contributed by atoms with Crippen LogP contribution in [0, 0.1) is 0 Å². The van der Waals surface area contributed by atoms with Gasteiger partial charge >= 0.3 is 0 Å². The molecule has 1 N–H and O–H groups in total. The second-order valence-electron chi connectivity index (χ2n) is 8.07. The second-order valence-corrected chi connectivity index (χ2v) is 8.07. The third-order valence-electron chi connectivity index (χ3n) is 5.69. The first-order valence-corrected chi connectivity index (χ1v) is 11.0. The van der Waals surface area contributed by atoms with Crippen LogP contribution in [0.15, 0.2) is 48.0 Å². The summed E-state index contributed by atoms with van der Waals surface area (Å²) in [5, 5.41) is 11.3. The van der Waals surface area contributed by atoms with Crippen LogP contribution in [0.3, 0.4) is 0 Å². The normalized spacial score (nSPS) is 17.6. The van der Waals surface area contributed by atoms with Gasteiger partial charge in [-0.15, -0.1) is 0 Å². The number of nitrogens with zero attached hydrogens (tertiary/aromatic N) is 1. The number of amides is 1. The SMILES string of the molecule is CCc1ccc(C2/C(=C(/O)c3ccc(OC)cc3OC)C(=O)C(=O)N2CCOC(C)C)cc1. The van der Waals surface area contributed by atoms with Crippen LogP contribution in [0.5, 0.6) is 11.5 Å². The summed E-state index contributed by atoms with van der Waals surface area (Å²) in [5.74, 6) is -0.812. The molecule has 0 aromatic heterocycles. The molecule has 1 atom stereocenters. The Bertz CT molecular complexity index is 1040. The summed E-state index contributed by atoms with van der Waals surface area (Å²) >= 11 is 0. The quantitative estimate of drug-likeness (QED) is 0.349. The first kappa shape index (κ1) is 24.3. The Balaban J connectivity index is 2.13. The highest BCUT2D eigenvalue weighted by Crippen LogP contribution is 2.41. The number of aryl methyl sites for hydroxylation is 1. The molecular formula is C26H31NO6. The van der Waals surface area contributed by atoms with Crippen molar-refractivity contribution >= 4 is 17.4 Å². The zero-order valence-electron chi connectivity index (χ0n) is 19.8. The van der Waals surface area contributed by atoms with E-state index in [0.717, 1.165) is 17.5 Å². The van der Waals surface area contributed by atoms with Crippen LogP contribution >= 0.6 is 0 Å². The molecule has 7 heteroatoms. The smallest absolute Gasteiger partial charge is 0.295 e. The lowest BCUT2D eigenvalue weighted by molar-refractivity contribution is -0.140. The number of likely N-dealkylation sites (tertiary alicyclic amines) is 1. The second kappa shape index (κ2) is 10.5. The highest BCUT2D eigenvalue weighted by Gasteiger charge is 2.46. The Morgan fingerprint density at radius 3 is 2.33 bits per heavy atom. The third kappa shape index (κ3) is 5.03. The molecule has 3 rings (SSSR count). The van der Waals surface area contributed by atoms with E-state index in [0.29, 0.717) is 17.1 Å². The average Bonchev–Trinajstić information content (AvgIpc) is 3.08. The van der Waals surface area contributed by atoms with Crippen molar-refractivity contribution in [3.05, 3.63) is 64.7 Å². The molecular weight excluding hydrogens is 422 g/mol. The van der Waals surface area contributed by atoms with Crippen LogP contribution < -0.4 is 9.47 Å². The van der Waals surface area contributed by atoms with Crippen LogP contribution in [-0.2, 0) is 20.7 Å². The van der Waals surface area contributed by atoms with Crippen molar-refractivity contribution in [1.29, 1.82) is 0 Å². The number of methoxy groups -OCH3 is 2. The van der Waals surface area contributed by atoms with E-state index in [1.165, 1.54) is 19.1 Å². The van der Waals surface area contributed by atoms with Gasteiger partial charge in [-0.3, -0.25) is 9.59 Å². The van der Waals surface area contributed by atoms with Crippen molar-refractivity contribution < 1.29 is 28.9 Å². The molecule has 176 valence electrons. The summed E-state index contributed by atoms with van der Waals surface area (Å²) in [6.45, 7) is 6.37. The van der Waals surface area contributed by atoms with Gasteiger partial charge in [0.1, 0.15) is 17.3 Å². The predicted octanol–water partition coefficient (Wildman–Crippen LogP) is 4.11. The number of aliphatic hydroxyl groups is 1. The molecule has 1 saturated heterocycles. The molecule has 0 aliphatic carbocycles. The van der Waals surface area contributed by atoms with Gasteiger partial charge in [0.2, 0.25) is 0 Å². The van der Waals surface area contributed by atoms with Gasteiger partial charge in [0.15, 0.2) is 0 Å². The summed E-state index contributed by atoms with van der Waals surface area (Å²) in [6.07, 6.45) is 0.860. The minimum Gasteiger partial charge on any atom is -0.507 e. The fourth-order valence-electron chi connectivity index (χ4n) is 3.92. The number of carbonyl (C=O) groups excluding carboxylic acids is 2. The third-order valence-corrected chi connectivity index (χ3v) is 5.69. The van der Waals surface area contributed by atoms with Crippen LogP contribution in [0.25, 0.3) is 5.76 Å². The number of Topliss-reactive ketones (excluding diaryl/α,β-unsaturated/α-hetero) is 1. The summed E-state index contributed by atoms with van der Waals surface area (Å²) in [4.78, 5) is 27.6. The number of hydrogen-bond donors (Lipinski definition) is 1. The number of aliphatic hydroxyl groups excluding tert-OH is 1. The summed E-state index contributed by atoms with van der Waals surface area (Å²) in [5.41, 5.74) is 2.21. The standard InChI is InChI=1S/C26H31NO6/c1-6-17-7-9-18(10-8-17)23-22(25(29)26(30)27(23)13-14-33-16(2)3)24(28)20-12-11-19(31-4)15-21(20)32-5/h7-12,15-16,23,28H,6,13-14H2,1-5H3/b24-22-. The Hall–Kier alpha value is -3.32. The van der Waals surface area contributed by atoms with Crippen molar-refractivity contribution in [2.75, 3.05) is 27.4 Å². The van der Waals surface area contributed by atoms with E-state index < -0.39 is 17.7 Å². The number of hydrogen-bond acceptors (Lipinski definition) is 6. The molecule has 0 bridgehead atoms. The van der Waals surface area contributed by atoms with Crippen LogP contribution in [0.1, 0.15) is 43.5 Å². The van der Waals surface area contributed by atoms with Crippen molar-refractivity contribution in [3.63, 3.8) is 0 Å². The van der Waals surface area contributed by atoms with E-state index in [1.807, 2.05) is 38.1 Å². The largest absolute Gasteiger partial charge is 0.507 e. The molecule has 1 aliphatic rings. The molecule has 0 saturated carbocycles. The molecule has 33 heavy (non-hydrogen) atoms. The van der Waals surface area contributed by atoms with Crippen molar-refractivity contribution in [2.24, 2.45) is 0 Å². The fraction of sp³-hybridized carbons (Fsp3) is 0.385. The van der Waals surface area contributed by atoms with Crippen LogP contribution in [-0.4, -0.2) is 55.2 Å². The van der Waals surface area contributed by atoms with E-state index in [4.69, 9.17) is 14.2 Å². The summed E-state index contributed by atoms with van der Waals surface area (Å²) in [6, 6.07) is 11.9. The highest BCUT2D eigenvalue weighted by molar-refractivity contribution is 6.46. The number of rotatable bonds is 9. The van der Waals surface area contributed by atoms with Gasteiger partial charge in [-0.05, 0) is 43.5 Å². The molecule has 1 aliphatic heterocycles. The molecule has 0 spiro atoms. The predicted molar refractivity (Wildman–Crippen MR) is 125 cm³/mol. The summed E-state index contributed by atoms with van der Waals surface area (Å²) < 4.78 is 16.3. The van der Waals surface area contributed by atoms with E-state index in [-0.39, 0.29) is 30.6 Å². The van der Waals surface area contributed by atoms with Crippen molar-refractivity contribution in [1.82, 2.24) is 4.90 Å². The molecule has 7 nitrogen and oxygen atoms in total. The number of ketones is 1. The Morgan fingerprint density at radius 1 is 1.06 bits per heavy atom. The van der Waals surface area contributed by atoms with Crippen LogP contribution in [0.4, 0.5) is 0 Å². The van der Waals surface area contributed by atoms with Crippen molar-refractivity contribution in [2.45, 2.75) is 39.3 Å². The van der Waals surface area contributed by atoms with E-state index in [1.54, 1.807) is 18.2 Å². The first-order valence-electron chi connectivity index (χ1n) is 11.0. The Kier molecular flexibility index (Phi) is 7.76. The lowest BCUT2D eigenvalue weighted by Gasteiger charge is -2.26. The number of benzene rings is 2. The van der Waals surface area contributed by atoms with Gasteiger partial charge in [0, 0.05) is 12.6 Å². The van der Waals surface area contributed by atoms with Gasteiger partial charge in [0.05, 0.1) is 44.1 Å². The molecule has 1 amide bonds. The molecule has 1 heterocycles. The molecule has 1 unspecified atom stereocenters. The lowest BCUT2D eigenvalue weighted by Crippen LogP contribution is -2.33. The average molecular weight is 454 g/mol. The zero-order valence-corrected chi connectivity index (χ0v) is 19.8. The van der Waals surface area contributed by atoms with E-state index in [2.05, 4.69) is 6.92 Å². The van der Waals surface area contributed by atoms with Crippen LogP contribution in [0.2, 0.25) is 0 Å². The number of ether oxygens (including phenoxy) is 3. The van der Waals surface area contributed by atoms with Gasteiger partial charge in [-0.25, -0.2) is 0 Å². The molecule has 1 fully saturated rings. The van der Waals surface area contributed by atoms with E-state index in [9.17, 15) is 14.7 Å². The lowest BCUT2D eigenvalue weighted by atomic mass is 9.94. The fourth-order valence-corrected chi connectivity index (χ4v) is 3.92. The molecule has 0 radical (unpaired) electrons. The minimum absolute atomic E-state index is 0.00679. The first-order chi connectivity index (χ1) is 15.8. The highest BCUT2D eigenvalue weighted by atomic mass is 16.5. The molecule has 2 aromatic rings. The monoisotopic (exact) mass is 453 g/mol. The molecule has 2 aromatic carbocycles. The zero-order chi connectivity index (χ0) is 24.1. The van der Waals surface area contributed by atoms with Gasteiger partial charge in [-0.2, -0.15) is 0 Å². The number of carbonyl (C=O) groups is 2. The van der Waals surface area contributed by atoms with Gasteiger partial charge in [-0.1, -0.05) is 31.2 Å². The maximum Gasteiger partial charge on any atom is 0.295 e. The Labute approximate surface area is 194 Å².